The third kappa shape index (κ3) is 5.57. The fraction of sp³-hybridized carbons (Fsp3) is 0.529. The maximum atomic E-state index is 12.3. The molecule has 1 saturated heterocycles. The third-order valence-corrected chi connectivity index (χ3v) is 4.36. The summed E-state index contributed by atoms with van der Waals surface area (Å²) in [5.74, 6) is 0.236. The number of amides is 1. The van der Waals surface area contributed by atoms with Gasteiger partial charge >= 0.3 is 6.18 Å². The molecule has 6 nitrogen and oxygen atoms in total. The van der Waals surface area contributed by atoms with Crippen molar-refractivity contribution in [3.05, 3.63) is 29.5 Å². The Kier molecular flexibility index (Phi) is 7.07. The Labute approximate surface area is 160 Å². The summed E-state index contributed by atoms with van der Waals surface area (Å²) in [5, 5.41) is 11.2. The molecular formula is C17H22ClF3N4O2. The summed E-state index contributed by atoms with van der Waals surface area (Å²) < 4.78 is 42.4. The number of hydrogen-bond acceptors (Lipinski definition) is 4. The van der Waals surface area contributed by atoms with Crippen LogP contribution in [0.2, 0.25) is 0 Å². The number of fused-ring (bicyclic) bond motifs is 1. The second-order valence-corrected chi connectivity index (χ2v) is 6.47. The Morgan fingerprint density at radius 1 is 1.41 bits per heavy atom. The quantitative estimate of drug-likeness (QED) is 0.692. The molecule has 1 fully saturated rings. The topological polar surface area (TPSA) is 68.2 Å². The summed E-state index contributed by atoms with van der Waals surface area (Å²) in [7, 11) is 0. The summed E-state index contributed by atoms with van der Waals surface area (Å²) in [6.07, 6.45) is -2.42. The molecule has 0 unspecified atom stereocenters. The summed E-state index contributed by atoms with van der Waals surface area (Å²) in [5.41, 5.74) is 2.10. The maximum Gasteiger partial charge on any atom is 0.411 e. The predicted molar refractivity (Wildman–Crippen MR) is 97.3 cm³/mol. The molecule has 1 aromatic heterocycles. The molecule has 0 atom stereocenters. The van der Waals surface area contributed by atoms with Gasteiger partial charge in [-0.3, -0.25) is 9.48 Å². The normalized spacial score (nSPS) is 14.7. The minimum atomic E-state index is -4.36. The first-order valence-electron chi connectivity index (χ1n) is 8.43. The van der Waals surface area contributed by atoms with Crippen LogP contribution in [0.15, 0.2) is 18.3 Å². The van der Waals surface area contributed by atoms with Crippen LogP contribution in [0.3, 0.4) is 0 Å². The Bertz CT molecular complexity index is 790. The van der Waals surface area contributed by atoms with Crippen LogP contribution < -0.4 is 10.6 Å². The lowest BCUT2D eigenvalue weighted by Gasteiger charge is -2.26. The van der Waals surface area contributed by atoms with Gasteiger partial charge in [-0.1, -0.05) is 0 Å². The number of nitrogens with one attached hydrogen (secondary N) is 2. The number of halogens is 4. The number of aromatic nitrogens is 2. The second-order valence-electron chi connectivity index (χ2n) is 6.47. The van der Waals surface area contributed by atoms with Gasteiger partial charge < -0.3 is 15.4 Å². The lowest BCUT2D eigenvalue weighted by Crippen LogP contribution is -2.44. The predicted octanol–water partition coefficient (Wildman–Crippen LogP) is 2.29. The number of carbonyl (C=O) groups excluding carboxylic acids is 1. The SMILES string of the molecule is Cc1c(C(=O)NCCOCC(F)(F)F)ccc2nn(CC3CNC3)cc12.Cl. The van der Waals surface area contributed by atoms with Gasteiger partial charge in [0.2, 0.25) is 0 Å². The van der Waals surface area contributed by atoms with Crippen LogP contribution in [0.25, 0.3) is 10.9 Å². The van der Waals surface area contributed by atoms with Crippen molar-refractivity contribution in [3.8, 4) is 0 Å². The smallest absolute Gasteiger partial charge is 0.370 e. The number of ether oxygens (including phenoxy) is 1. The molecule has 0 spiro atoms. The number of nitrogens with zero attached hydrogens (tertiary/aromatic N) is 2. The van der Waals surface area contributed by atoms with E-state index in [1.807, 2.05) is 17.8 Å². The van der Waals surface area contributed by atoms with E-state index in [1.54, 1.807) is 12.1 Å². The number of benzene rings is 1. The molecule has 0 saturated carbocycles. The molecule has 2 aromatic rings. The molecular weight excluding hydrogens is 385 g/mol. The van der Waals surface area contributed by atoms with Gasteiger partial charge in [0.05, 0.1) is 12.1 Å². The first-order valence-corrected chi connectivity index (χ1v) is 8.43. The monoisotopic (exact) mass is 406 g/mol. The molecule has 0 aliphatic carbocycles. The highest BCUT2D eigenvalue weighted by Gasteiger charge is 2.27. The molecule has 1 aliphatic heterocycles. The largest absolute Gasteiger partial charge is 0.411 e. The molecule has 0 bridgehead atoms. The van der Waals surface area contributed by atoms with Crippen molar-refractivity contribution in [1.29, 1.82) is 0 Å². The van der Waals surface area contributed by atoms with E-state index in [9.17, 15) is 18.0 Å². The van der Waals surface area contributed by atoms with Gasteiger partial charge in [0, 0.05) is 49.2 Å². The molecule has 27 heavy (non-hydrogen) atoms. The molecule has 1 aliphatic rings. The second kappa shape index (κ2) is 8.90. The number of hydrogen-bond donors (Lipinski definition) is 2. The summed E-state index contributed by atoms with van der Waals surface area (Å²) in [4.78, 5) is 12.3. The molecule has 10 heteroatoms. The summed E-state index contributed by atoms with van der Waals surface area (Å²) in [6.45, 7) is 3.15. The minimum Gasteiger partial charge on any atom is -0.370 e. The molecule has 0 radical (unpaired) electrons. The summed E-state index contributed by atoms with van der Waals surface area (Å²) in [6, 6.07) is 3.47. The van der Waals surface area contributed by atoms with Crippen LogP contribution in [-0.4, -0.2) is 54.7 Å². The molecule has 2 N–H and O–H groups in total. The minimum absolute atomic E-state index is 0. The zero-order chi connectivity index (χ0) is 18.7. The van der Waals surface area contributed by atoms with Crippen molar-refractivity contribution in [3.63, 3.8) is 0 Å². The Balaban J connectivity index is 0.00000261. The zero-order valence-electron chi connectivity index (χ0n) is 14.8. The Morgan fingerprint density at radius 3 is 2.78 bits per heavy atom. The first kappa shape index (κ1) is 21.5. The Morgan fingerprint density at radius 2 is 2.15 bits per heavy atom. The van der Waals surface area contributed by atoms with Crippen molar-refractivity contribution >= 4 is 29.2 Å². The highest BCUT2D eigenvalue weighted by molar-refractivity contribution is 6.00. The van der Waals surface area contributed by atoms with Crippen molar-refractivity contribution in [2.75, 3.05) is 32.8 Å². The average Bonchev–Trinajstić information content (AvgIpc) is 2.93. The first-order chi connectivity index (χ1) is 12.3. The van der Waals surface area contributed by atoms with E-state index in [4.69, 9.17) is 0 Å². The van der Waals surface area contributed by atoms with Gasteiger partial charge in [-0.25, -0.2) is 0 Å². The molecule has 3 rings (SSSR count). The van der Waals surface area contributed by atoms with Gasteiger partial charge in [-0.15, -0.1) is 12.4 Å². The van der Waals surface area contributed by atoms with Gasteiger partial charge in [-0.2, -0.15) is 18.3 Å². The van der Waals surface area contributed by atoms with E-state index >= 15 is 0 Å². The number of rotatable bonds is 7. The lowest BCUT2D eigenvalue weighted by molar-refractivity contribution is -0.173. The van der Waals surface area contributed by atoms with E-state index in [2.05, 4.69) is 20.5 Å². The van der Waals surface area contributed by atoms with Crippen molar-refractivity contribution in [2.45, 2.75) is 19.6 Å². The number of carbonyl (C=O) groups is 1. The van der Waals surface area contributed by atoms with Crippen LogP contribution in [-0.2, 0) is 11.3 Å². The van der Waals surface area contributed by atoms with E-state index in [0.29, 0.717) is 11.5 Å². The van der Waals surface area contributed by atoms with Gasteiger partial charge in [0.1, 0.15) is 6.61 Å². The molecule has 150 valence electrons. The highest BCUT2D eigenvalue weighted by atomic mass is 35.5. The van der Waals surface area contributed by atoms with Crippen molar-refractivity contribution in [2.24, 2.45) is 5.92 Å². The van der Waals surface area contributed by atoms with Crippen LogP contribution in [0, 0.1) is 12.8 Å². The van der Waals surface area contributed by atoms with Crippen LogP contribution in [0.4, 0.5) is 13.2 Å². The van der Waals surface area contributed by atoms with Crippen molar-refractivity contribution < 1.29 is 22.7 Å². The fourth-order valence-electron chi connectivity index (χ4n) is 2.88. The fourth-order valence-corrected chi connectivity index (χ4v) is 2.88. The van der Waals surface area contributed by atoms with E-state index in [1.165, 1.54) is 0 Å². The molecule has 2 heterocycles. The summed E-state index contributed by atoms with van der Waals surface area (Å²) >= 11 is 0. The molecule has 1 amide bonds. The zero-order valence-corrected chi connectivity index (χ0v) is 15.6. The maximum absolute atomic E-state index is 12.3. The third-order valence-electron chi connectivity index (χ3n) is 4.36. The molecule has 1 aromatic carbocycles. The number of aryl methyl sites for hydroxylation is 1. The van der Waals surface area contributed by atoms with Gasteiger partial charge in [-0.05, 0) is 24.6 Å². The van der Waals surface area contributed by atoms with E-state index in [0.717, 1.165) is 36.1 Å². The van der Waals surface area contributed by atoms with Gasteiger partial charge in [0.15, 0.2) is 0 Å². The lowest BCUT2D eigenvalue weighted by atomic mass is 10.0. The average molecular weight is 407 g/mol. The Hall–Kier alpha value is -1.84. The highest BCUT2D eigenvalue weighted by Crippen LogP contribution is 2.22. The van der Waals surface area contributed by atoms with Crippen molar-refractivity contribution in [1.82, 2.24) is 20.4 Å². The van der Waals surface area contributed by atoms with E-state index < -0.39 is 12.8 Å². The van der Waals surface area contributed by atoms with Gasteiger partial charge in [0.25, 0.3) is 5.91 Å². The number of alkyl halides is 3. The standard InChI is InChI=1S/C17H21F3N4O2.ClH/c1-11-13(16(25)22-4-5-26-10-17(18,19)20)2-3-15-14(11)9-24(23-15)8-12-6-21-7-12;/h2-3,9,12,21H,4-8,10H2,1H3,(H,22,25);1H. The van der Waals surface area contributed by atoms with Crippen LogP contribution in [0.1, 0.15) is 15.9 Å². The van der Waals surface area contributed by atoms with Crippen LogP contribution >= 0.6 is 12.4 Å². The van der Waals surface area contributed by atoms with E-state index in [-0.39, 0.29) is 31.5 Å². The van der Waals surface area contributed by atoms with Crippen LogP contribution in [0.5, 0.6) is 0 Å².